The van der Waals surface area contributed by atoms with Crippen molar-refractivity contribution in [2.24, 2.45) is 5.92 Å². The van der Waals surface area contributed by atoms with Crippen LogP contribution in [0.1, 0.15) is 43.7 Å². The molecule has 7 nitrogen and oxygen atoms in total. The van der Waals surface area contributed by atoms with E-state index < -0.39 is 42.9 Å². The number of aliphatic carboxylic acids is 1. The molecule has 2 amide bonds. The van der Waals surface area contributed by atoms with E-state index in [4.69, 9.17) is 9.84 Å². The van der Waals surface area contributed by atoms with Crippen LogP contribution in [0.3, 0.4) is 0 Å². The summed E-state index contributed by atoms with van der Waals surface area (Å²) in [7, 11) is 0. The maximum Gasteiger partial charge on any atom is 0.407 e. The molecule has 3 rings (SSSR count). The van der Waals surface area contributed by atoms with Gasteiger partial charge in [-0.3, -0.25) is 9.59 Å². The molecule has 0 spiro atoms. The van der Waals surface area contributed by atoms with Gasteiger partial charge in [-0.2, -0.15) is 0 Å². The maximum atomic E-state index is 13.2. The van der Waals surface area contributed by atoms with E-state index in [1.54, 1.807) is 0 Å². The fraction of sp³-hybridized carbons (Fsp3) is 0.400. The van der Waals surface area contributed by atoms with Gasteiger partial charge < -0.3 is 20.5 Å². The summed E-state index contributed by atoms with van der Waals surface area (Å²) in [5.74, 6) is -2.56. The molecule has 0 radical (unpaired) electrons. The van der Waals surface area contributed by atoms with Crippen LogP contribution in [0.2, 0.25) is 0 Å². The lowest BCUT2D eigenvalue weighted by Crippen LogP contribution is -2.52. The van der Waals surface area contributed by atoms with Crippen molar-refractivity contribution in [3.63, 3.8) is 0 Å². The summed E-state index contributed by atoms with van der Waals surface area (Å²) >= 11 is 0. The third-order valence-electron chi connectivity index (χ3n) is 5.69. The quantitative estimate of drug-likeness (QED) is 0.480. The normalized spacial score (nSPS) is 14.3. The molecule has 9 heteroatoms. The predicted octanol–water partition coefficient (Wildman–Crippen LogP) is 4.16. The Bertz CT molecular complexity index is 998. The Hall–Kier alpha value is -3.49. The van der Waals surface area contributed by atoms with Crippen molar-refractivity contribution in [1.29, 1.82) is 0 Å². The molecule has 0 saturated heterocycles. The summed E-state index contributed by atoms with van der Waals surface area (Å²) in [6, 6.07) is 12.7. The number of amides is 2. The van der Waals surface area contributed by atoms with Crippen LogP contribution >= 0.6 is 0 Å². The number of ether oxygens (including phenoxy) is 1. The van der Waals surface area contributed by atoms with E-state index in [-0.39, 0.29) is 24.9 Å². The zero-order valence-corrected chi connectivity index (χ0v) is 19.0. The smallest absolute Gasteiger partial charge is 0.407 e. The van der Waals surface area contributed by atoms with Crippen LogP contribution in [0.5, 0.6) is 0 Å². The lowest BCUT2D eigenvalue weighted by molar-refractivity contribution is -0.139. The SMILES string of the molecule is CC(C)C[C@H](NC(=O)OCC1c2ccccc2-c2ccccc21)C(=O)NC(CC(=O)O)C(F)F. The molecule has 34 heavy (non-hydrogen) atoms. The minimum Gasteiger partial charge on any atom is -0.481 e. The van der Waals surface area contributed by atoms with E-state index in [0.29, 0.717) is 0 Å². The largest absolute Gasteiger partial charge is 0.481 e. The molecule has 2 aromatic rings. The van der Waals surface area contributed by atoms with Crippen LogP contribution in [0.15, 0.2) is 48.5 Å². The molecular weight excluding hydrogens is 446 g/mol. The van der Waals surface area contributed by atoms with Gasteiger partial charge in [-0.15, -0.1) is 0 Å². The molecule has 0 aromatic heterocycles. The topological polar surface area (TPSA) is 105 Å². The number of hydrogen-bond donors (Lipinski definition) is 3. The molecule has 2 aromatic carbocycles. The summed E-state index contributed by atoms with van der Waals surface area (Å²) in [4.78, 5) is 36.0. The number of hydrogen-bond acceptors (Lipinski definition) is 4. The number of benzene rings is 2. The number of carbonyl (C=O) groups is 3. The Morgan fingerprint density at radius 2 is 1.53 bits per heavy atom. The summed E-state index contributed by atoms with van der Waals surface area (Å²) in [6.07, 6.45) is -4.68. The fourth-order valence-electron chi connectivity index (χ4n) is 4.16. The first-order chi connectivity index (χ1) is 16.2. The van der Waals surface area contributed by atoms with Crippen LogP contribution in [-0.4, -0.2) is 48.2 Å². The van der Waals surface area contributed by atoms with E-state index in [1.165, 1.54) is 0 Å². The van der Waals surface area contributed by atoms with E-state index >= 15 is 0 Å². The Labute approximate surface area is 196 Å². The number of rotatable bonds is 10. The van der Waals surface area contributed by atoms with E-state index in [0.717, 1.165) is 22.3 Å². The molecule has 1 aliphatic carbocycles. The van der Waals surface area contributed by atoms with Crippen molar-refractivity contribution < 1.29 is 33.0 Å². The van der Waals surface area contributed by atoms with Gasteiger partial charge in [0.15, 0.2) is 0 Å². The summed E-state index contributed by atoms with van der Waals surface area (Å²) < 4.78 is 31.8. The summed E-state index contributed by atoms with van der Waals surface area (Å²) in [5.41, 5.74) is 4.20. The van der Waals surface area contributed by atoms with Gasteiger partial charge in [0.25, 0.3) is 6.43 Å². The van der Waals surface area contributed by atoms with Crippen molar-refractivity contribution in [1.82, 2.24) is 10.6 Å². The fourth-order valence-corrected chi connectivity index (χ4v) is 4.16. The van der Waals surface area contributed by atoms with Gasteiger partial charge >= 0.3 is 12.1 Å². The minimum absolute atomic E-state index is 0.0363. The van der Waals surface area contributed by atoms with Gasteiger partial charge in [0.2, 0.25) is 5.91 Å². The molecule has 0 bridgehead atoms. The highest BCUT2D eigenvalue weighted by molar-refractivity contribution is 5.86. The van der Waals surface area contributed by atoms with Crippen molar-refractivity contribution in [2.45, 2.75) is 51.1 Å². The summed E-state index contributed by atoms with van der Waals surface area (Å²) in [6.45, 7) is 3.65. The van der Waals surface area contributed by atoms with Gasteiger partial charge in [-0.05, 0) is 34.6 Å². The van der Waals surface area contributed by atoms with Gasteiger partial charge in [0.05, 0.1) is 6.42 Å². The van der Waals surface area contributed by atoms with Crippen molar-refractivity contribution in [3.05, 3.63) is 59.7 Å². The number of alkyl carbamates (subject to hydrolysis) is 1. The van der Waals surface area contributed by atoms with Crippen LogP contribution in [-0.2, 0) is 14.3 Å². The number of alkyl halides is 2. The second kappa shape index (κ2) is 11.1. The number of nitrogens with one attached hydrogen (secondary N) is 2. The van der Waals surface area contributed by atoms with Gasteiger partial charge in [-0.25, -0.2) is 13.6 Å². The first kappa shape index (κ1) is 25.1. The first-order valence-corrected chi connectivity index (χ1v) is 11.1. The van der Waals surface area contributed by atoms with E-state index in [1.807, 2.05) is 67.7 Å². The maximum absolute atomic E-state index is 13.2. The highest BCUT2D eigenvalue weighted by Gasteiger charge is 2.32. The molecular formula is C25H28F2N2O5. The lowest BCUT2D eigenvalue weighted by atomic mass is 9.98. The Morgan fingerprint density at radius 3 is 2.03 bits per heavy atom. The molecule has 2 atom stereocenters. The van der Waals surface area contributed by atoms with Crippen LogP contribution < -0.4 is 10.6 Å². The zero-order chi connectivity index (χ0) is 24.8. The Kier molecular flexibility index (Phi) is 8.20. The van der Waals surface area contributed by atoms with Crippen LogP contribution in [0, 0.1) is 5.92 Å². The highest BCUT2D eigenvalue weighted by atomic mass is 19.3. The van der Waals surface area contributed by atoms with Crippen molar-refractivity contribution in [2.75, 3.05) is 6.61 Å². The number of fused-ring (bicyclic) bond motifs is 3. The molecule has 1 aliphatic rings. The predicted molar refractivity (Wildman–Crippen MR) is 122 cm³/mol. The third kappa shape index (κ3) is 6.09. The summed E-state index contributed by atoms with van der Waals surface area (Å²) in [5, 5.41) is 13.3. The zero-order valence-electron chi connectivity index (χ0n) is 19.0. The number of carboxylic acid groups (broad SMARTS) is 1. The van der Waals surface area contributed by atoms with E-state index in [9.17, 15) is 23.2 Å². The monoisotopic (exact) mass is 474 g/mol. The second-order valence-electron chi connectivity index (χ2n) is 8.70. The molecule has 0 aliphatic heterocycles. The third-order valence-corrected chi connectivity index (χ3v) is 5.69. The van der Waals surface area contributed by atoms with E-state index in [2.05, 4.69) is 5.32 Å². The Balaban J connectivity index is 1.66. The lowest BCUT2D eigenvalue weighted by Gasteiger charge is -2.23. The van der Waals surface area contributed by atoms with Crippen LogP contribution in [0.25, 0.3) is 11.1 Å². The highest BCUT2D eigenvalue weighted by Crippen LogP contribution is 2.44. The number of carbonyl (C=O) groups excluding carboxylic acids is 2. The molecule has 0 fully saturated rings. The molecule has 1 unspecified atom stereocenters. The minimum atomic E-state index is -3.06. The molecule has 182 valence electrons. The van der Waals surface area contributed by atoms with Crippen molar-refractivity contribution >= 4 is 18.0 Å². The first-order valence-electron chi connectivity index (χ1n) is 11.1. The average molecular weight is 475 g/mol. The van der Waals surface area contributed by atoms with Gasteiger partial charge in [0, 0.05) is 5.92 Å². The number of carboxylic acids is 1. The van der Waals surface area contributed by atoms with Crippen LogP contribution in [0.4, 0.5) is 13.6 Å². The Morgan fingerprint density at radius 1 is 0.971 bits per heavy atom. The molecule has 0 saturated carbocycles. The molecule has 3 N–H and O–H groups in total. The van der Waals surface area contributed by atoms with Gasteiger partial charge in [0.1, 0.15) is 18.7 Å². The van der Waals surface area contributed by atoms with Crippen molar-refractivity contribution in [3.8, 4) is 11.1 Å². The molecule has 0 heterocycles. The second-order valence-corrected chi connectivity index (χ2v) is 8.70. The van der Waals surface area contributed by atoms with Gasteiger partial charge in [-0.1, -0.05) is 62.4 Å². The average Bonchev–Trinajstić information content (AvgIpc) is 3.10. The number of halogens is 2. The standard InChI is InChI=1S/C25H28F2N2O5/c1-14(2)11-21(24(32)28-20(23(26)27)12-22(30)31)29-25(33)34-13-19-17-9-5-3-7-15(17)16-8-4-6-10-18(16)19/h3-10,14,19-21,23H,11-13H2,1-2H3,(H,28,32)(H,29,33)(H,30,31)/t20?,21-/m0/s1.